The first-order valence-electron chi connectivity index (χ1n) is 5.39. The average Bonchev–Trinajstić information content (AvgIpc) is 2.05. The fraction of sp³-hybridized carbons (Fsp3) is 0.750. The van der Waals surface area contributed by atoms with Gasteiger partial charge in [-0.2, -0.15) is 0 Å². The molecule has 1 heteroatoms. The van der Waals surface area contributed by atoms with Crippen LogP contribution in [0.2, 0.25) is 0 Å². The molecule has 0 aromatic carbocycles. The summed E-state index contributed by atoms with van der Waals surface area (Å²) in [6.07, 6.45) is 8.91. The Hall–Kier alpha value is -0.590. The lowest BCUT2D eigenvalue weighted by molar-refractivity contribution is 0.677. The molecule has 1 unspecified atom stereocenters. The summed E-state index contributed by atoms with van der Waals surface area (Å²) in [6.45, 7) is 8.77. The van der Waals surface area contributed by atoms with E-state index in [9.17, 15) is 0 Å². The largest absolute Gasteiger partial charge is 0.269 e. The summed E-state index contributed by atoms with van der Waals surface area (Å²) < 4.78 is 0. The van der Waals surface area contributed by atoms with Crippen LogP contribution >= 0.6 is 0 Å². The molecule has 0 rings (SSSR count). The van der Waals surface area contributed by atoms with Crippen molar-refractivity contribution in [3.8, 4) is 0 Å². The van der Waals surface area contributed by atoms with E-state index in [-0.39, 0.29) is 0 Å². The molecule has 0 aliphatic rings. The van der Waals surface area contributed by atoms with Gasteiger partial charge >= 0.3 is 0 Å². The van der Waals surface area contributed by atoms with E-state index in [0.717, 1.165) is 0 Å². The molecule has 0 aliphatic carbocycles. The van der Waals surface area contributed by atoms with Crippen molar-refractivity contribution in [3.63, 3.8) is 0 Å². The highest BCUT2D eigenvalue weighted by Gasteiger charge is 1.93. The normalized spacial score (nSPS) is 15.2. The summed E-state index contributed by atoms with van der Waals surface area (Å²) >= 11 is 0. The van der Waals surface area contributed by atoms with Crippen molar-refractivity contribution in [2.45, 2.75) is 53.4 Å². The van der Waals surface area contributed by atoms with Crippen LogP contribution in [-0.4, -0.2) is 6.21 Å². The smallest absolute Gasteiger partial charge is 0.0253 e. The number of allylic oxidation sites excluding steroid dienone is 1. The van der Waals surface area contributed by atoms with Crippen molar-refractivity contribution in [2.75, 3.05) is 0 Å². The topological polar surface area (TPSA) is 12.4 Å². The molecule has 0 saturated heterocycles. The van der Waals surface area contributed by atoms with Crippen LogP contribution in [0, 0.1) is 5.92 Å². The van der Waals surface area contributed by atoms with Crippen LogP contribution in [0.15, 0.2) is 16.8 Å². The monoisotopic (exact) mass is 181 g/mol. The van der Waals surface area contributed by atoms with Gasteiger partial charge in [-0.25, -0.2) is 0 Å². The second kappa shape index (κ2) is 8.03. The third-order valence-electron chi connectivity index (χ3n) is 2.02. The first kappa shape index (κ1) is 12.4. The molecule has 13 heavy (non-hydrogen) atoms. The molecule has 0 spiro atoms. The molecule has 0 radical (unpaired) electrons. The summed E-state index contributed by atoms with van der Waals surface area (Å²) in [6, 6.07) is 0. The fourth-order valence-electron chi connectivity index (χ4n) is 1.31. The van der Waals surface area contributed by atoms with Crippen molar-refractivity contribution >= 4 is 6.21 Å². The Bertz CT molecular complexity index is 168. The minimum Gasteiger partial charge on any atom is -0.269 e. The summed E-state index contributed by atoms with van der Waals surface area (Å²) in [5.74, 6) is 0.621. The van der Waals surface area contributed by atoms with Gasteiger partial charge in [0.15, 0.2) is 0 Å². The van der Waals surface area contributed by atoms with E-state index in [1.165, 1.54) is 31.3 Å². The molecule has 76 valence electrons. The summed E-state index contributed by atoms with van der Waals surface area (Å²) in [5.41, 5.74) is 1.38. The molecule has 0 heterocycles. The van der Waals surface area contributed by atoms with Crippen molar-refractivity contribution in [3.05, 3.63) is 11.8 Å². The molecule has 0 N–H and O–H groups in total. The molecular formula is C12H23N. The first-order chi connectivity index (χ1) is 6.20. The Labute approximate surface area is 83.0 Å². The minimum absolute atomic E-state index is 0.621. The predicted octanol–water partition coefficient (Wildman–Crippen LogP) is 4.20. The van der Waals surface area contributed by atoms with Gasteiger partial charge in [0.2, 0.25) is 0 Å². The van der Waals surface area contributed by atoms with E-state index < -0.39 is 0 Å². The van der Waals surface area contributed by atoms with Crippen LogP contribution in [0.3, 0.4) is 0 Å². The lowest BCUT2D eigenvalue weighted by atomic mass is 10.1. The Morgan fingerprint density at radius 1 is 1.31 bits per heavy atom. The summed E-state index contributed by atoms with van der Waals surface area (Å²) in [4.78, 5) is 4.32. The van der Waals surface area contributed by atoms with Crippen LogP contribution in [0.25, 0.3) is 0 Å². The maximum atomic E-state index is 4.32. The predicted molar refractivity (Wildman–Crippen MR) is 61.2 cm³/mol. The Kier molecular flexibility index (Phi) is 7.66. The molecule has 0 saturated carbocycles. The van der Waals surface area contributed by atoms with Gasteiger partial charge in [-0.1, -0.05) is 39.2 Å². The second-order valence-electron chi connectivity index (χ2n) is 3.79. The number of rotatable bonds is 6. The average molecular weight is 181 g/mol. The van der Waals surface area contributed by atoms with E-state index in [0.29, 0.717) is 5.92 Å². The number of aliphatic imine (C=N–C) groups is 1. The van der Waals surface area contributed by atoms with Gasteiger partial charge in [0.05, 0.1) is 0 Å². The molecule has 0 bridgehead atoms. The molecule has 0 fully saturated rings. The molecule has 1 nitrogen and oxygen atoms in total. The van der Waals surface area contributed by atoms with E-state index >= 15 is 0 Å². The highest BCUT2D eigenvalue weighted by Crippen LogP contribution is 2.04. The first-order valence-corrected chi connectivity index (χ1v) is 5.39. The van der Waals surface area contributed by atoms with Crippen molar-refractivity contribution < 1.29 is 0 Å². The lowest BCUT2D eigenvalue weighted by Gasteiger charge is -2.00. The van der Waals surface area contributed by atoms with Crippen molar-refractivity contribution in [1.29, 1.82) is 0 Å². The zero-order chi connectivity index (χ0) is 10.1. The van der Waals surface area contributed by atoms with E-state index in [1.807, 2.05) is 6.20 Å². The van der Waals surface area contributed by atoms with E-state index in [2.05, 4.69) is 38.9 Å². The van der Waals surface area contributed by atoms with E-state index in [4.69, 9.17) is 0 Å². The van der Waals surface area contributed by atoms with Gasteiger partial charge in [0.1, 0.15) is 0 Å². The highest BCUT2D eigenvalue weighted by atomic mass is 14.7. The molecule has 0 aromatic heterocycles. The van der Waals surface area contributed by atoms with Crippen molar-refractivity contribution in [1.82, 2.24) is 0 Å². The molecule has 0 aliphatic heterocycles. The van der Waals surface area contributed by atoms with Gasteiger partial charge in [-0.05, 0) is 25.7 Å². The van der Waals surface area contributed by atoms with Crippen LogP contribution in [-0.2, 0) is 0 Å². The Morgan fingerprint density at radius 3 is 2.54 bits per heavy atom. The van der Waals surface area contributed by atoms with Crippen LogP contribution in [0.4, 0.5) is 0 Å². The third kappa shape index (κ3) is 7.76. The zero-order valence-corrected chi connectivity index (χ0v) is 9.51. The van der Waals surface area contributed by atoms with E-state index in [1.54, 1.807) is 0 Å². The summed E-state index contributed by atoms with van der Waals surface area (Å²) in [7, 11) is 0. The van der Waals surface area contributed by atoms with Crippen LogP contribution < -0.4 is 0 Å². The van der Waals surface area contributed by atoms with Gasteiger partial charge in [-0.15, -0.1) is 0 Å². The maximum absolute atomic E-state index is 4.32. The van der Waals surface area contributed by atoms with Crippen LogP contribution in [0.5, 0.6) is 0 Å². The van der Waals surface area contributed by atoms with Gasteiger partial charge in [0, 0.05) is 12.4 Å². The third-order valence-corrected chi connectivity index (χ3v) is 2.02. The highest BCUT2D eigenvalue weighted by molar-refractivity contribution is 5.60. The molecular weight excluding hydrogens is 158 g/mol. The molecule has 0 amide bonds. The molecule has 1 atom stereocenters. The summed E-state index contributed by atoms with van der Waals surface area (Å²) in [5, 5.41) is 0. The number of hydrogen-bond donors (Lipinski definition) is 0. The minimum atomic E-state index is 0.621. The number of hydrogen-bond acceptors (Lipinski definition) is 1. The van der Waals surface area contributed by atoms with Crippen LogP contribution in [0.1, 0.15) is 53.4 Å². The SMILES string of the molecule is CCCC(C)=CN=CC(C)CCC. The Balaban J connectivity index is 3.77. The van der Waals surface area contributed by atoms with Crippen molar-refractivity contribution in [2.24, 2.45) is 10.9 Å². The second-order valence-corrected chi connectivity index (χ2v) is 3.79. The Morgan fingerprint density at radius 2 is 2.00 bits per heavy atom. The fourth-order valence-corrected chi connectivity index (χ4v) is 1.31. The maximum Gasteiger partial charge on any atom is 0.0253 e. The van der Waals surface area contributed by atoms with Gasteiger partial charge < -0.3 is 0 Å². The number of nitrogens with zero attached hydrogens (tertiary/aromatic N) is 1. The standard InChI is InChI=1S/C12H23N/c1-5-7-11(3)9-13-10-12(4)8-6-2/h9-11H,5-8H2,1-4H3. The lowest BCUT2D eigenvalue weighted by Crippen LogP contribution is -1.93. The zero-order valence-electron chi connectivity index (χ0n) is 9.51. The quantitative estimate of drug-likeness (QED) is 0.545. The van der Waals surface area contributed by atoms with Gasteiger partial charge in [0.25, 0.3) is 0 Å². The van der Waals surface area contributed by atoms with Gasteiger partial charge in [-0.3, -0.25) is 4.99 Å². The molecule has 0 aromatic rings.